The smallest absolute Gasteiger partial charge is 0.243 e. The fourth-order valence-electron chi connectivity index (χ4n) is 3.38. The van der Waals surface area contributed by atoms with Gasteiger partial charge in [0, 0.05) is 25.7 Å². The summed E-state index contributed by atoms with van der Waals surface area (Å²) in [4.78, 5) is 14.2. The summed E-state index contributed by atoms with van der Waals surface area (Å²) in [5.74, 6) is -0.541. The summed E-state index contributed by atoms with van der Waals surface area (Å²) in [6.07, 6.45) is 0.411. The summed E-state index contributed by atoms with van der Waals surface area (Å²) in [6, 6.07) is 19.7. The number of methoxy groups -OCH3 is 1. The number of benzene rings is 3. The Kier molecular flexibility index (Phi) is 8.66. The molecule has 0 atom stereocenters. The van der Waals surface area contributed by atoms with Crippen molar-refractivity contribution in [3.63, 3.8) is 0 Å². The molecule has 0 spiro atoms. The zero-order valence-electron chi connectivity index (χ0n) is 18.9. The molecule has 0 saturated carbocycles. The molecular weight excluding hydrogens is 479 g/mol. The average molecular weight is 505 g/mol. The predicted molar refractivity (Wildman–Crippen MR) is 130 cm³/mol. The standard InChI is InChI=1S/C25H26ClFN2O4S/c1-28(17-20-10-6-7-11-23(20)27)25(30)18-29(15-14-19-8-4-3-5-9-19)34(31,32)21-12-13-24(33-2)22(26)16-21/h3-13,16H,14-15,17-18H2,1-2H3. The van der Waals surface area contributed by atoms with E-state index >= 15 is 0 Å². The molecule has 0 unspecified atom stereocenters. The first-order valence-electron chi connectivity index (χ1n) is 10.6. The Labute approximate surface area is 204 Å². The van der Waals surface area contributed by atoms with Gasteiger partial charge in [-0.15, -0.1) is 0 Å². The molecule has 9 heteroatoms. The number of hydrogen-bond donors (Lipinski definition) is 0. The molecule has 0 aromatic heterocycles. The van der Waals surface area contributed by atoms with Crippen LogP contribution in [0.25, 0.3) is 0 Å². The minimum atomic E-state index is -4.06. The van der Waals surface area contributed by atoms with E-state index in [4.69, 9.17) is 16.3 Å². The van der Waals surface area contributed by atoms with E-state index in [2.05, 4.69) is 0 Å². The molecule has 0 aliphatic heterocycles. The third-order valence-corrected chi connectivity index (χ3v) is 7.49. The molecule has 1 amide bonds. The molecule has 0 aliphatic carbocycles. The topological polar surface area (TPSA) is 66.9 Å². The van der Waals surface area contributed by atoms with Crippen LogP contribution in [0, 0.1) is 5.82 Å². The van der Waals surface area contributed by atoms with Crippen LogP contribution in [-0.4, -0.2) is 50.8 Å². The fourth-order valence-corrected chi connectivity index (χ4v) is 5.12. The number of nitrogens with zero attached hydrogens (tertiary/aromatic N) is 2. The number of carbonyl (C=O) groups excluding carboxylic acids is 1. The number of amides is 1. The molecule has 34 heavy (non-hydrogen) atoms. The zero-order valence-corrected chi connectivity index (χ0v) is 20.5. The summed E-state index contributed by atoms with van der Waals surface area (Å²) < 4.78 is 47.2. The number of likely N-dealkylation sites (N-methyl/N-ethyl adjacent to an activating group) is 1. The minimum absolute atomic E-state index is 0.0203. The lowest BCUT2D eigenvalue weighted by Gasteiger charge is -2.25. The highest BCUT2D eigenvalue weighted by molar-refractivity contribution is 7.89. The molecule has 0 saturated heterocycles. The highest BCUT2D eigenvalue weighted by Gasteiger charge is 2.28. The highest BCUT2D eigenvalue weighted by Crippen LogP contribution is 2.28. The third kappa shape index (κ3) is 6.34. The number of hydrogen-bond acceptors (Lipinski definition) is 4. The van der Waals surface area contributed by atoms with Gasteiger partial charge >= 0.3 is 0 Å². The molecular formula is C25H26ClFN2O4S. The molecule has 180 valence electrons. The molecule has 0 aliphatic rings. The second-order valence-corrected chi connectivity index (χ2v) is 10.1. The molecule has 0 N–H and O–H groups in total. The van der Waals surface area contributed by atoms with Crippen molar-refractivity contribution >= 4 is 27.5 Å². The lowest BCUT2D eigenvalue weighted by molar-refractivity contribution is -0.130. The van der Waals surface area contributed by atoms with Crippen molar-refractivity contribution in [2.45, 2.75) is 17.9 Å². The number of carbonyl (C=O) groups is 1. The Balaban J connectivity index is 1.84. The average Bonchev–Trinajstić information content (AvgIpc) is 2.83. The highest BCUT2D eigenvalue weighted by atomic mass is 35.5. The first-order chi connectivity index (χ1) is 16.2. The van der Waals surface area contributed by atoms with Gasteiger partial charge in [0.15, 0.2) is 0 Å². The van der Waals surface area contributed by atoms with Crippen LogP contribution in [0.1, 0.15) is 11.1 Å². The van der Waals surface area contributed by atoms with Gasteiger partial charge in [-0.25, -0.2) is 12.8 Å². The lowest BCUT2D eigenvalue weighted by Crippen LogP contribution is -2.42. The van der Waals surface area contributed by atoms with Gasteiger partial charge in [-0.2, -0.15) is 4.31 Å². The van der Waals surface area contributed by atoms with E-state index in [9.17, 15) is 17.6 Å². The second-order valence-electron chi connectivity index (χ2n) is 7.71. The molecule has 6 nitrogen and oxygen atoms in total. The van der Waals surface area contributed by atoms with Crippen LogP contribution in [-0.2, 0) is 27.8 Å². The quantitative estimate of drug-likeness (QED) is 0.411. The molecule has 0 radical (unpaired) electrons. The van der Waals surface area contributed by atoms with Gasteiger partial charge in [0.2, 0.25) is 15.9 Å². The van der Waals surface area contributed by atoms with Gasteiger partial charge in [-0.1, -0.05) is 60.1 Å². The third-order valence-electron chi connectivity index (χ3n) is 5.36. The van der Waals surface area contributed by atoms with Gasteiger partial charge in [-0.05, 0) is 36.2 Å². The molecule has 0 heterocycles. The van der Waals surface area contributed by atoms with Crippen molar-refractivity contribution in [1.29, 1.82) is 0 Å². The predicted octanol–water partition coefficient (Wildman–Crippen LogP) is 4.38. The molecule has 0 bridgehead atoms. The summed E-state index contributed by atoms with van der Waals surface area (Å²) in [5.41, 5.74) is 1.28. The van der Waals surface area contributed by atoms with E-state index in [1.54, 1.807) is 18.2 Å². The summed E-state index contributed by atoms with van der Waals surface area (Å²) in [6.45, 7) is -0.300. The second kappa shape index (κ2) is 11.5. The Morgan fingerprint density at radius 2 is 1.71 bits per heavy atom. The van der Waals surface area contributed by atoms with Crippen molar-refractivity contribution < 1.29 is 22.3 Å². The van der Waals surface area contributed by atoms with Crippen LogP contribution < -0.4 is 4.74 Å². The Morgan fingerprint density at radius 3 is 2.35 bits per heavy atom. The first-order valence-corrected chi connectivity index (χ1v) is 12.4. The maximum Gasteiger partial charge on any atom is 0.243 e. The van der Waals surface area contributed by atoms with Crippen LogP contribution in [0.3, 0.4) is 0 Å². The van der Waals surface area contributed by atoms with Crippen molar-refractivity contribution in [1.82, 2.24) is 9.21 Å². The van der Waals surface area contributed by atoms with E-state index < -0.39 is 28.3 Å². The van der Waals surface area contributed by atoms with Gasteiger partial charge in [-0.3, -0.25) is 4.79 Å². The maximum absolute atomic E-state index is 14.0. The van der Waals surface area contributed by atoms with Crippen LogP contribution >= 0.6 is 11.6 Å². The van der Waals surface area contributed by atoms with Gasteiger partial charge < -0.3 is 9.64 Å². The van der Waals surface area contributed by atoms with E-state index in [1.807, 2.05) is 30.3 Å². The normalized spacial score (nSPS) is 11.4. The van der Waals surface area contributed by atoms with Crippen LogP contribution in [0.2, 0.25) is 5.02 Å². The zero-order chi connectivity index (χ0) is 24.7. The van der Waals surface area contributed by atoms with E-state index in [-0.39, 0.29) is 23.0 Å². The van der Waals surface area contributed by atoms with Gasteiger partial charge in [0.1, 0.15) is 11.6 Å². The summed E-state index contributed by atoms with van der Waals surface area (Å²) in [5, 5.41) is 0.148. The Bertz CT molecular complexity index is 1240. The SMILES string of the molecule is COc1ccc(S(=O)(=O)N(CCc2ccccc2)CC(=O)N(C)Cc2ccccc2F)cc1Cl. The van der Waals surface area contributed by atoms with E-state index in [0.29, 0.717) is 17.7 Å². The van der Waals surface area contributed by atoms with Gasteiger partial charge in [0.25, 0.3) is 0 Å². The monoisotopic (exact) mass is 504 g/mol. The van der Waals surface area contributed by atoms with E-state index in [0.717, 1.165) is 9.87 Å². The Hall–Kier alpha value is -2.94. The molecule has 3 rings (SSSR count). The first kappa shape index (κ1) is 25.7. The largest absolute Gasteiger partial charge is 0.495 e. The van der Waals surface area contributed by atoms with Crippen molar-refractivity contribution in [2.24, 2.45) is 0 Å². The van der Waals surface area contributed by atoms with Crippen LogP contribution in [0.15, 0.2) is 77.7 Å². The number of rotatable bonds is 10. The number of halogens is 2. The van der Waals surface area contributed by atoms with Crippen LogP contribution in [0.4, 0.5) is 4.39 Å². The number of sulfonamides is 1. The lowest BCUT2D eigenvalue weighted by atomic mass is 10.1. The molecule has 3 aromatic carbocycles. The number of ether oxygens (including phenoxy) is 1. The van der Waals surface area contributed by atoms with Crippen molar-refractivity contribution in [2.75, 3.05) is 27.2 Å². The molecule has 3 aromatic rings. The Morgan fingerprint density at radius 1 is 1.03 bits per heavy atom. The van der Waals surface area contributed by atoms with E-state index in [1.165, 1.54) is 43.3 Å². The van der Waals surface area contributed by atoms with Crippen LogP contribution in [0.5, 0.6) is 5.75 Å². The summed E-state index contributed by atoms with van der Waals surface area (Å²) in [7, 11) is -1.11. The minimum Gasteiger partial charge on any atom is -0.495 e. The van der Waals surface area contributed by atoms with Crippen molar-refractivity contribution in [3.8, 4) is 5.75 Å². The van der Waals surface area contributed by atoms with Gasteiger partial charge in [0.05, 0.1) is 23.6 Å². The van der Waals surface area contributed by atoms with Crippen molar-refractivity contribution in [3.05, 3.63) is 94.8 Å². The summed E-state index contributed by atoms with van der Waals surface area (Å²) >= 11 is 6.16. The maximum atomic E-state index is 14.0. The fraction of sp³-hybridized carbons (Fsp3) is 0.240. The molecule has 0 fully saturated rings.